The molecule has 0 radical (unpaired) electrons. The minimum Gasteiger partial charge on any atom is -0.508 e. The summed E-state index contributed by atoms with van der Waals surface area (Å²) in [5.41, 5.74) is 4.62. The Labute approximate surface area is 161 Å². The first kappa shape index (κ1) is 17.5. The van der Waals surface area contributed by atoms with Gasteiger partial charge in [0.25, 0.3) is 0 Å². The molecule has 0 aliphatic rings. The van der Waals surface area contributed by atoms with E-state index < -0.39 is 0 Å². The Morgan fingerprint density at radius 2 is 1.96 bits per heavy atom. The van der Waals surface area contributed by atoms with Crippen LogP contribution < -0.4 is 0 Å². The summed E-state index contributed by atoms with van der Waals surface area (Å²) in [7, 11) is 1.98. The molecule has 0 atom stereocenters. The lowest BCUT2D eigenvalue weighted by Crippen LogP contribution is -2.17. The molecule has 2 aromatic heterocycles. The third-order valence-electron chi connectivity index (χ3n) is 4.46. The molecule has 0 unspecified atom stereocenters. The molecule has 6 heteroatoms. The summed E-state index contributed by atoms with van der Waals surface area (Å²) in [6.07, 6.45) is 3.33. The zero-order valence-electron chi connectivity index (χ0n) is 14.8. The highest BCUT2D eigenvalue weighted by atomic mass is 35.5. The molecule has 4 aromatic rings. The van der Waals surface area contributed by atoms with Gasteiger partial charge in [-0.1, -0.05) is 28.9 Å². The molecule has 27 heavy (non-hydrogen) atoms. The van der Waals surface area contributed by atoms with Crippen LogP contribution in [0, 0.1) is 0 Å². The zero-order chi connectivity index (χ0) is 18.8. The highest BCUT2D eigenvalue weighted by Gasteiger charge is 2.11. The molecule has 1 N–H and O–H groups in total. The van der Waals surface area contributed by atoms with Gasteiger partial charge in [0.15, 0.2) is 0 Å². The van der Waals surface area contributed by atoms with E-state index in [1.807, 2.05) is 49.5 Å². The molecule has 0 fully saturated rings. The van der Waals surface area contributed by atoms with Crippen LogP contribution in [-0.2, 0) is 13.1 Å². The molecule has 0 aliphatic carbocycles. The number of rotatable bonds is 5. The fourth-order valence-corrected chi connectivity index (χ4v) is 3.36. The molecule has 0 bridgehead atoms. The second-order valence-electron chi connectivity index (χ2n) is 6.53. The summed E-state index contributed by atoms with van der Waals surface area (Å²) in [4.78, 5) is 6.47. The molecule has 0 spiro atoms. The Hall–Kier alpha value is -2.89. The SMILES string of the molecule is CN(Cc1ccon1)Cc1cc(-c2ccnc3cc(Cl)ccc23)ccc1O. The molecule has 0 aliphatic heterocycles. The fraction of sp³-hybridized carbons (Fsp3) is 0.143. The maximum Gasteiger partial charge on any atom is 0.124 e. The molecule has 2 aromatic carbocycles. The number of benzene rings is 2. The first-order valence-corrected chi connectivity index (χ1v) is 8.92. The lowest BCUT2D eigenvalue weighted by atomic mass is 9.99. The summed E-state index contributed by atoms with van der Waals surface area (Å²) in [6.45, 7) is 1.22. The molecule has 136 valence electrons. The van der Waals surface area contributed by atoms with E-state index >= 15 is 0 Å². The first-order valence-electron chi connectivity index (χ1n) is 8.54. The summed E-state index contributed by atoms with van der Waals surface area (Å²) in [5.74, 6) is 0.271. The van der Waals surface area contributed by atoms with E-state index in [2.05, 4.69) is 15.0 Å². The zero-order valence-corrected chi connectivity index (χ0v) is 15.5. The fourth-order valence-electron chi connectivity index (χ4n) is 3.20. The second-order valence-corrected chi connectivity index (χ2v) is 6.96. The molecule has 0 amide bonds. The van der Waals surface area contributed by atoms with Crippen molar-refractivity contribution in [1.82, 2.24) is 15.0 Å². The van der Waals surface area contributed by atoms with E-state index in [0.717, 1.165) is 33.3 Å². The second kappa shape index (κ2) is 7.39. The average molecular weight is 380 g/mol. The minimum absolute atomic E-state index is 0.271. The molecule has 2 heterocycles. The van der Waals surface area contributed by atoms with E-state index in [1.54, 1.807) is 18.5 Å². The standard InChI is InChI=1S/C21H18ClN3O2/c1-25(13-17-7-9-27-24-17)12-15-10-14(2-5-21(15)26)18-6-8-23-20-11-16(22)3-4-19(18)20/h2-11,26H,12-13H2,1H3. The predicted molar refractivity (Wildman–Crippen MR) is 106 cm³/mol. The number of nitrogens with zero attached hydrogens (tertiary/aromatic N) is 3. The van der Waals surface area contributed by atoms with Crippen molar-refractivity contribution in [1.29, 1.82) is 0 Å². The number of aromatic nitrogens is 2. The summed E-state index contributed by atoms with van der Waals surface area (Å²) < 4.78 is 4.87. The Balaban J connectivity index is 1.66. The van der Waals surface area contributed by atoms with Crippen LogP contribution in [0.1, 0.15) is 11.3 Å². The van der Waals surface area contributed by atoms with Crippen LogP contribution in [0.5, 0.6) is 5.75 Å². The minimum atomic E-state index is 0.271. The van der Waals surface area contributed by atoms with Gasteiger partial charge in [-0.2, -0.15) is 0 Å². The van der Waals surface area contributed by atoms with E-state index in [1.165, 1.54) is 0 Å². The monoisotopic (exact) mass is 379 g/mol. The Kier molecular flexibility index (Phi) is 4.79. The Bertz CT molecular complexity index is 1080. The van der Waals surface area contributed by atoms with Crippen molar-refractivity contribution >= 4 is 22.5 Å². The number of fused-ring (bicyclic) bond motifs is 1. The highest BCUT2D eigenvalue weighted by molar-refractivity contribution is 6.31. The van der Waals surface area contributed by atoms with Crippen molar-refractivity contribution in [3.8, 4) is 16.9 Å². The normalized spacial score (nSPS) is 11.4. The lowest BCUT2D eigenvalue weighted by molar-refractivity contribution is 0.299. The summed E-state index contributed by atoms with van der Waals surface area (Å²) in [5, 5.41) is 15.9. The Morgan fingerprint density at radius 1 is 1.07 bits per heavy atom. The largest absolute Gasteiger partial charge is 0.508 e. The maximum absolute atomic E-state index is 10.3. The summed E-state index contributed by atoms with van der Waals surface area (Å²) >= 11 is 6.09. The van der Waals surface area contributed by atoms with E-state index in [4.69, 9.17) is 16.1 Å². The van der Waals surface area contributed by atoms with Crippen LogP contribution in [0.15, 0.2) is 65.5 Å². The van der Waals surface area contributed by atoms with Crippen LogP contribution in [0.3, 0.4) is 0 Å². The van der Waals surface area contributed by atoms with Gasteiger partial charge in [-0.15, -0.1) is 0 Å². The average Bonchev–Trinajstić information content (AvgIpc) is 3.15. The number of phenolic OH excluding ortho intramolecular Hbond substituents is 1. The number of phenols is 1. The summed E-state index contributed by atoms with van der Waals surface area (Å²) in [6, 6.07) is 15.2. The van der Waals surface area contributed by atoms with Gasteiger partial charge in [0.2, 0.25) is 0 Å². The van der Waals surface area contributed by atoms with Crippen molar-refractivity contribution in [2.24, 2.45) is 0 Å². The van der Waals surface area contributed by atoms with Crippen molar-refractivity contribution < 1.29 is 9.63 Å². The van der Waals surface area contributed by atoms with Crippen molar-refractivity contribution in [3.63, 3.8) is 0 Å². The highest BCUT2D eigenvalue weighted by Crippen LogP contribution is 2.32. The van der Waals surface area contributed by atoms with Crippen LogP contribution in [0.2, 0.25) is 5.02 Å². The smallest absolute Gasteiger partial charge is 0.124 e. The molecular weight excluding hydrogens is 362 g/mol. The van der Waals surface area contributed by atoms with Gasteiger partial charge in [-0.05, 0) is 48.5 Å². The van der Waals surface area contributed by atoms with Gasteiger partial charge in [0.1, 0.15) is 12.0 Å². The van der Waals surface area contributed by atoms with Crippen LogP contribution in [0.4, 0.5) is 0 Å². The Morgan fingerprint density at radius 3 is 2.78 bits per heavy atom. The van der Waals surface area contributed by atoms with Gasteiger partial charge in [0, 0.05) is 41.3 Å². The van der Waals surface area contributed by atoms with Crippen molar-refractivity contribution in [2.45, 2.75) is 13.1 Å². The predicted octanol–water partition coefficient (Wildman–Crippen LogP) is 4.88. The molecule has 0 saturated carbocycles. The van der Waals surface area contributed by atoms with Crippen LogP contribution in [-0.4, -0.2) is 27.2 Å². The lowest BCUT2D eigenvalue weighted by Gasteiger charge is -2.17. The maximum atomic E-state index is 10.3. The molecule has 4 rings (SSSR count). The molecular formula is C21H18ClN3O2. The van der Waals surface area contributed by atoms with Gasteiger partial charge in [-0.3, -0.25) is 9.88 Å². The quantitative estimate of drug-likeness (QED) is 0.535. The molecule has 5 nitrogen and oxygen atoms in total. The van der Waals surface area contributed by atoms with Crippen LogP contribution in [0.25, 0.3) is 22.0 Å². The van der Waals surface area contributed by atoms with E-state index in [-0.39, 0.29) is 5.75 Å². The number of aromatic hydroxyl groups is 1. The van der Waals surface area contributed by atoms with Gasteiger partial charge < -0.3 is 9.63 Å². The van der Waals surface area contributed by atoms with Crippen LogP contribution >= 0.6 is 11.6 Å². The third kappa shape index (κ3) is 3.79. The van der Waals surface area contributed by atoms with Gasteiger partial charge in [0.05, 0.1) is 11.2 Å². The third-order valence-corrected chi connectivity index (χ3v) is 4.69. The molecule has 0 saturated heterocycles. The van der Waals surface area contributed by atoms with Gasteiger partial charge >= 0.3 is 0 Å². The van der Waals surface area contributed by atoms with Crippen molar-refractivity contribution in [3.05, 3.63) is 77.3 Å². The number of halogens is 1. The number of pyridine rings is 1. The number of hydrogen-bond donors (Lipinski definition) is 1. The van der Waals surface area contributed by atoms with E-state index in [9.17, 15) is 5.11 Å². The first-order chi connectivity index (χ1) is 13.1. The van der Waals surface area contributed by atoms with Crippen molar-refractivity contribution in [2.75, 3.05) is 7.05 Å². The van der Waals surface area contributed by atoms with Gasteiger partial charge in [-0.25, -0.2) is 0 Å². The van der Waals surface area contributed by atoms with E-state index in [0.29, 0.717) is 18.1 Å². The topological polar surface area (TPSA) is 62.4 Å². The number of hydrogen-bond acceptors (Lipinski definition) is 5.